The summed E-state index contributed by atoms with van der Waals surface area (Å²) in [6, 6.07) is 5.60. The number of aromatic nitrogens is 1. The molecule has 1 aromatic carbocycles. The minimum absolute atomic E-state index is 0.133. The second kappa shape index (κ2) is 11.1. The number of carbonyl (C=O) groups excluding carboxylic acids is 1. The molecule has 0 spiro atoms. The van der Waals surface area contributed by atoms with Crippen LogP contribution in [0.2, 0.25) is 0 Å². The second-order valence-electron chi connectivity index (χ2n) is 8.30. The topological polar surface area (TPSA) is 130 Å². The summed E-state index contributed by atoms with van der Waals surface area (Å²) in [6.07, 6.45) is 3.52. The number of H-pyrrole nitrogens is 1. The lowest BCUT2D eigenvalue weighted by molar-refractivity contribution is -0.770. The first-order chi connectivity index (χ1) is 15.3. The summed E-state index contributed by atoms with van der Waals surface area (Å²) in [5.41, 5.74) is 2.05. The Kier molecular flexibility index (Phi) is 8.29. The third kappa shape index (κ3) is 6.33. The highest BCUT2D eigenvalue weighted by Crippen LogP contribution is 2.27. The smallest absolute Gasteiger partial charge is 0.294 e. The van der Waals surface area contributed by atoms with E-state index in [1.807, 2.05) is 31.3 Å². The van der Waals surface area contributed by atoms with Crippen molar-refractivity contribution in [2.24, 2.45) is 0 Å². The number of hydrogen-bond acceptors (Lipinski definition) is 7. The van der Waals surface area contributed by atoms with Crippen molar-refractivity contribution in [3.63, 3.8) is 0 Å². The Morgan fingerprint density at radius 2 is 2.19 bits per heavy atom. The minimum Gasteiger partial charge on any atom is -0.490 e. The fourth-order valence-corrected chi connectivity index (χ4v) is 4.33. The quantitative estimate of drug-likeness (QED) is 0.273. The number of nitrogens with one attached hydrogen (secondary N) is 2. The number of nitrogens with zero attached hydrogens (tertiary/aromatic N) is 2. The maximum Gasteiger partial charge on any atom is 0.294 e. The highest BCUT2D eigenvalue weighted by atomic mass is 17.0. The van der Waals surface area contributed by atoms with Crippen LogP contribution in [0.4, 0.5) is 0 Å². The van der Waals surface area contributed by atoms with Gasteiger partial charge in [0.2, 0.25) is 5.91 Å². The Morgan fingerprint density at radius 3 is 2.94 bits per heavy atom. The lowest BCUT2D eigenvalue weighted by atomic mass is 9.91. The molecule has 1 amide bonds. The molecule has 0 aliphatic heterocycles. The van der Waals surface area contributed by atoms with Crippen molar-refractivity contribution in [2.45, 2.75) is 57.8 Å². The lowest BCUT2D eigenvalue weighted by Gasteiger charge is -2.38. The summed E-state index contributed by atoms with van der Waals surface area (Å²) in [7, 11) is 0. The van der Waals surface area contributed by atoms with Crippen LogP contribution < -0.4 is 10.1 Å². The Labute approximate surface area is 187 Å². The van der Waals surface area contributed by atoms with Crippen LogP contribution in [-0.2, 0) is 9.63 Å². The fraction of sp³-hybridized carbons (Fsp3) is 0.591. The van der Waals surface area contributed by atoms with Crippen LogP contribution in [-0.4, -0.2) is 70.5 Å². The number of aryl methyl sites for hydroxylation is 1. The molecule has 10 nitrogen and oxygen atoms in total. The number of benzene rings is 1. The van der Waals surface area contributed by atoms with Gasteiger partial charge >= 0.3 is 0 Å². The molecule has 1 saturated carbocycles. The molecule has 1 aromatic heterocycles. The van der Waals surface area contributed by atoms with E-state index in [1.165, 1.54) is 6.92 Å². The normalized spacial score (nSPS) is 19.5. The zero-order chi connectivity index (χ0) is 23.1. The van der Waals surface area contributed by atoms with Gasteiger partial charge in [-0.25, -0.2) is 0 Å². The number of amides is 1. The molecule has 1 aliphatic carbocycles. The Bertz CT molecular complexity index is 917. The second-order valence-corrected chi connectivity index (χ2v) is 8.30. The number of aliphatic hydroxyl groups excluding tert-OH is 1. The first-order valence-electron chi connectivity index (χ1n) is 11.0. The van der Waals surface area contributed by atoms with Crippen LogP contribution in [0.3, 0.4) is 0 Å². The number of ether oxygens (including phenoxy) is 1. The molecule has 1 fully saturated rings. The predicted molar refractivity (Wildman–Crippen MR) is 119 cm³/mol. The van der Waals surface area contributed by atoms with Crippen molar-refractivity contribution in [3.8, 4) is 5.75 Å². The highest BCUT2D eigenvalue weighted by Gasteiger charge is 2.33. The maximum absolute atomic E-state index is 12.2. The minimum atomic E-state index is -0.772. The van der Waals surface area contributed by atoms with Gasteiger partial charge in [0.15, 0.2) is 0 Å². The van der Waals surface area contributed by atoms with Crippen LogP contribution in [0.5, 0.6) is 5.75 Å². The Hall–Kier alpha value is -2.85. The molecule has 1 heterocycles. The standard InChI is InChI=1S/C22H32N4O6/c1-15-11-19-18(7-8-24-19)22(12-15)31-14-17(28)13-23-9-10-25(16(2)27)20-5-3-4-6-21(20)32-26(29)30/h7-8,11-12,17,20-21,23-24,28H,3-6,9-10,13-14H2,1-2H3/t17?,20-,21-/m1/s1. The molecule has 1 aliphatic rings. The molecular formula is C22H32N4O6. The fourth-order valence-electron chi connectivity index (χ4n) is 4.33. The number of aliphatic hydroxyl groups is 1. The first kappa shape index (κ1) is 23.8. The van der Waals surface area contributed by atoms with Crippen molar-refractivity contribution < 1.29 is 24.6 Å². The molecule has 0 radical (unpaired) electrons. The van der Waals surface area contributed by atoms with E-state index in [0.29, 0.717) is 32.5 Å². The van der Waals surface area contributed by atoms with E-state index in [4.69, 9.17) is 9.57 Å². The summed E-state index contributed by atoms with van der Waals surface area (Å²) < 4.78 is 5.83. The lowest BCUT2D eigenvalue weighted by Crippen LogP contribution is -2.51. The van der Waals surface area contributed by atoms with Crippen molar-refractivity contribution in [3.05, 3.63) is 40.1 Å². The van der Waals surface area contributed by atoms with Crippen LogP contribution in [0.1, 0.15) is 38.2 Å². The summed E-state index contributed by atoms with van der Waals surface area (Å²) >= 11 is 0. The number of aromatic amines is 1. The zero-order valence-corrected chi connectivity index (χ0v) is 18.6. The largest absolute Gasteiger partial charge is 0.490 e. The van der Waals surface area contributed by atoms with E-state index in [9.17, 15) is 20.0 Å². The summed E-state index contributed by atoms with van der Waals surface area (Å²) in [6.45, 7) is 4.71. The molecule has 3 N–H and O–H groups in total. The number of rotatable bonds is 11. The molecule has 3 rings (SSSR count). The Balaban J connectivity index is 1.45. The maximum atomic E-state index is 12.2. The highest BCUT2D eigenvalue weighted by molar-refractivity contribution is 5.86. The van der Waals surface area contributed by atoms with Crippen LogP contribution in [0.25, 0.3) is 10.9 Å². The van der Waals surface area contributed by atoms with Crippen LogP contribution >= 0.6 is 0 Å². The summed E-state index contributed by atoms with van der Waals surface area (Å²) in [5, 5.41) is 24.4. The molecule has 176 valence electrons. The zero-order valence-electron chi connectivity index (χ0n) is 18.6. The van der Waals surface area contributed by atoms with Gasteiger partial charge in [-0.2, -0.15) is 0 Å². The van der Waals surface area contributed by atoms with Gasteiger partial charge in [0.25, 0.3) is 5.09 Å². The molecule has 3 atom stereocenters. The average molecular weight is 449 g/mol. The van der Waals surface area contributed by atoms with E-state index in [2.05, 4.69) is 10.3 Å². The molecule has 2 aromatic rings. The molecule has 10 heteroatoms. The predicted octanol–water partition coefficient (Wildman–Crippen LogP) is 2.17. The van der Waals surface area contributed by atoms with Gasteiger partial charge < -0.3 is 29.9 Å². The van der Waals surface area contributed by atoms with Gasteiger partial charge in [0.1, 0.15) is 24.6 Å². The SMILES string of the molecule is CC(=O)N(CCNCC(O)COc1cc(C)cc2[nH]ccc12)[C@@H]1CCCC[C@H]1O[N+](=O)[O-]. The van der Waals surface area contributed by atoms with E-state index in [-0.39, 0.29) is 18.6 Å². The van der Waals surface area contributed by atoms with Gasteiger partial charge in [-0.15, -0.1) is 10.1 Å². The van der Waals surface area contributed by atoms with Crippen molar-refractivity contribution in [1.29, 1.82) is 0 Å². The summed E-state index contributed by atoms with van der Waals surface area (Å²) in [4.78, 5) is 32.6. The first-order valence-corrected chi connectivity index (χ1v) is 11.0. The van der Waals surface area contributed by atoms with Gasteiger partial charge in [-0.3, -0.25) is 4.79 Å². The third-order valence-corrected chi connectivity index (χ3v) is 5.81. The van der Waals surface area contributed by atoms with Crippen molar-refractivity contribution >= 4 is 16.8 Å². The van der Waals surface area contributed by atoms with E-state index < -0.39 is 17.3 Å². The van der Waals surface area contributed by atoms with E-state index >= 15 is 0 Å². The number of fused-ring (bicyclic) bond motifs is 1. The molecule has 0 saturated heterocycles. The molecular weight excluding hydrogens is 416 g/mol. The van der Waals surface area contributed by atoms with Crippen molar-refractivity contribution in [1.82, 2.24) is 15.2 Å². The van der Waals surface area contributed by atoms with E-state index in [1.54, 1.807) is 4.90 Å². The van der Waals surface area contributed by atoms with Crippen molar-refractivity contribution in [2.75, 3.05) is 26.2 Å². The van der Waals surface area contributed by atoms with Gasteiger partial charge in [-0.05, 0) is 43.5 Å². The summed E-state index contributed by atoms with van der Waals surface area (Å²) in [5.74, 6) is 0.576. The van der Waals surface area contributed by atoms with Gasteiger partial charge in [0, 0.05) is 43.7 Å². The van der Waals surface area contributed by atoms with E-state index in [0.717, 1.165) is 35.1 Å². The number of carbonyl (C=O) groups is 1. The molecule has 32 heavy (non-hydrogen) atoms. The molecule has 1 unspecified atom stereocenters. The van der Waals surface area contributed by atoms with Crippen LogP contribution in [0, 0.1) is 17.0 Å². The average Bonchev–Trinajstić information content (AvgIpc) is 3.20. The van der Waals surface area contributed by atoms with Gasteiger partial charge in [0.05, 0.1) is 6.04 Å². The number of hydrogen-bond donors (Lipinski definition) is 3. The van der Waals surface area contributed by atoms with Crippen LogP contribution in [0.15, 0.2) is 24.4 Å². The third-order valence-electron chi connectivity index (χ3n) is 5.81. The van der Waals surface area contributed by atoms with Gasteiger partial charge in [-0.1, -0.05) is 12.8 Å². The Morgan fingerprint density at radius 1 is 1.41 bits per heavy atom. The molecule has 0 bridgehead atoms. The monoisotopic (exact) mass is 448 g/mol.